The number of rotatable bonds is 3. The summed E-state index contributed by atoms with van der Waals surface area (Å²) in [7, 11) is 0. The topological polar surface area (TPSA) is 20.2 Å². The summed E-state index contributed by atoms with van der Waals surface area (Å²) in [6, 6.07) is 10.2. The van der Waals surface area contributed by atoms with Crippen LogP contribution in [0.15, 0.2) is 42.5 Å². The van der Waals surface area contributed by atoms with Gasteiger partial charge in [-0.15, -0.1) is 0 Å². The summed E-state index contributed by atoms with van der Waals surface area (Å²) in [6.45, 7) is 0. The Hall–Kier alpha value is -1.08. The van der Waals surface area contributed by atoms with Gasteiger partial charge in [0.2, 0.25) is 0 Å². The molecular weight excluding hydrogens is 184 g/mol. The first kappa shape index (κ1) is 10.4. The summed E-state index contributed by atoms with van der Waals surface area (Å²) in [5.41, 5.74) is 1.24. The van der Waals surface area contributed by atoms with Crippen LogP contribution in [0.3, 0.4) is 0 Å². The minimum Gasteiger partial charge on any atom is -0.392 e. The summed E-state index contributed by atoms with van der Waals surface area (Å²) in [4.78, 5) is 0. The van der Waals surface area contributed by atoms with E-state index in [2.05, 4.69) is 24.3 Å². The van der Waals surface area contributed by atoms with Gasteiger partial charge in [0.15, 0.2) is 0 Å². The molecule has 1 aromatic rings. The van der Waals surface area contributed by atoms with Crippen LogP contribution in [-0.2, 0) is 6.42 Å². The molecule has 1 heteroatoms. The van der Waals surface area contributed by atoms with Gasteiger partial charge in [-0.3, -0.25) is 0 Å². The van der Waals surface area contributed by atoms with Crippen molar-refractivity contribution >= 4 is 0 Å². The Kier molecular flexibility index (Phi) is 3.57. The predicted molar refractivity (Wildman–Crippen MR) is 62.6 cm³/mol. The van der Waals surface area contributed by atoms with Crippen LogP contribution in [0.1, 0.15) is 24.8 Å². The van der Waals surface area contributed by atoms with E-state index in [-0.39, 0.29) is 6.10 Å². The first-order chi connectivity index (χ1) is 7.36. The Labute approximate surface area is 91.4 Å². The van der Waals surface area contributed by atoms with Gasteiger partial charge < -0.3 is 5.11 Å². The average molecular weight is 202 g/mol. The van der Waals surface area contributed by atoms with Gasteiger partial charge >= 0.3 is 0 Å². The highest BCUT2D eigenvalue weighted by Gasteiger charge is 2.19. The van der Waals surface area contributed by atoms with E-state index in [0.717, 1.165) is 25.7 Å². The molecule has 0 aromatic heterocycles. The molecule has 1 aliphatic rings. The second-order valence-electron chi connectivity index (χ2n) is 4.30. The van der Waals surface area contributed by atoms with E-state index < -0.39 is 0 Å². The number of hydrogen-bond donors (Lipinski definition) is 1. The van der Waals surface area contributed by atoms with E-state index in [1.807, 2.05) is 18.2 Å². The lowest BCUT2D eigenvalue weighted by Gasteiger charge is -2.23. The summed E-state index contributed by atoms with van der Waals surface area (Å²) in [5, 5.41) is 10.1. The summed E-state index contributed by atoms with van der Waals surface area (Å²) in [6.07, 6.45) is 8.31. The number of aliphatic hydroxyl groups excluding tert-OH is 1. The van der Waals surface area contributed by atoms with Crippen LogP contribution in [-0.4, -0.2) is 11.2 Å². The van der Waals surface area contributed by atoms with Gasteiger partial charge in [-0.2, -0.15) is 0 Å². The first-order valence-corrected chi connectivity index (χ1v) is 5.73. The molecule has 15 heavy (non-hydrogen) atoms. The molecule has 0 spiro atoms. The van der Waals surface area contributed by atoms with E-state index >= 15 is 0 Å². The van der Waals surface area contributed by atoms with Crippen molar-refractivity contribution < 1.29 is 5.11 Å². The fraction of sp³-hybridized carbons (Fsp3) is 0.429. The molecule has 2 atom stereocenters. The Balaban J connectivity index is 1.91. The third kappa shape index (κ3) is 2.93. The van der Waals surface area contributed by atoms with Gasteiger partial charge in [-0.25, -0.2) is 0 Å². The zero-order valence-electron chi connectivity index (χ0n) is 8.97. The highest BCUT2D eigenvalue weighted by Crippen LogP contribution is 2.23. The van der Waals surface area contributed by atoms with Gasteiger partial charge in [0.1, 0.15) is 0 Å². The lowest BCUT2D eigenvalue weighted by atomic mass is 9.86. The molecule has 0 fully saturated rings. The largest absolute Gasteiger partial charge is 0.392 e. The SMILES string of the molecule is OC(Cc1ccccc1)C1CC=CCC1. The molecule has 2 unspecified atom stereocenters. The summed E-state index contributed by atoms with van der Waals surface area (Å²) in [5.74, 6) is 0.454. The standard InChI is InChI=1S/C14H18O/c15-14(13-9-5-2-6-10-13)11-12-7-3-1-4-8-12/h1-5,7-8,13-15H,6,9-11H2. The fourth-order valence-electron chi connectivity index (χ4n) is 2.19. The molecule has 0 amide bonds. The number of benzene rings is 1. The van der Waals surface area contributed by atoms with Crippen molar-refractivity contribution in [2.75, 3.05) is 0 Å². The first-order valence-electron chi connectivity index (χ1n) is 5.73. The Morgan fingerprint density at radius 1 is 1.20 bits per heavy atom. The quantitative estimate of drug-likeness (QED) is 0.747. The molecule has 0 aliphatic heterocycles. The van der Waals surface area contributed by atoms with Crippen molar-refractivity contribution in [2.24, 2.45) is 5.92 Å². The number of allylic oxidation sites excluding steroid dienone is 2. The molecule has 0 radical (unpaired) electrons. The fourth-order valence-corrected chi connectivity index (χ4v) is 2.19. The van der Waals surface area contributed by atoms with Crippen LogP contribution in [0.5, 0.6) is 0 Å². The van der Waals surface area contributed by atoms with Crippen LogP contribution in [0, 0.1) is 5.92 Å². The van der Waals surface area contributed by atoms with Gasteiger partial charge in [-0.05, 0) is 37.2 Å². The predicted octanol–water partition coefficient (Wildman–Crippen LogP) is 2.95. The van der Waals surface area contributed by atoms with Crippen LogP contribution >= 0.6 is 0 Å². The minimum absolute atomic E-state index is 0.183. The van der Waals surface area contributed by atoms with Crippen LogP contribution in [0.2, 0.25) is 0 Å². The van der Waals surface area contributed by atoms with Crippen molar-refractivity contribution in [3.05, 3.63) is 48.0 Å². The number of aliphatic hydroxyl groups is 1. The monoisotopic (exact) mass is 202 g/mol. The second-order valence-corrected chi connectivity index (χ2v) is 4.30. The molecule has 80 valence electrons. The zero-order valence-corrected chi connectivity index (χ0v) is 8.97. The molecular formula is C14H18O. The highest BCUT2D eigenvalue weighted by molar-refractivity contribution is 5.15. The summed E-state index contributed by atoms with van der Waals surface area (Å²) < 4.78 is 0. The van der Waals surface area contributed by atoms with Gasteiger partial charge in [0, 0.05) is 0 Å². The van der Waals surface area contributed by atoms with Gasteiger partial charge in [-0.1, -0.05) is 42.5 Å². The molecule has 0 saturated carbocycles. The Bertz CT molecular complexity index is 315. The maximum Gasteiger partial charge on any atom is 0.0611 e. The molecule has 1 N–H and O–H groups in total. The molecule has 1 nitrogen and oxygen atoms in total. The molecule has 0 heterocycles. The maximum atomic E-state index is 10.1. The van der Waals surface area contributed by atoms with E-state index in [1.165, 1.54) is 5.56 Å². The Morgan fingerprint density at radius 2 is 2.00 bits per heavy atom. The lowest BCUT2D eigenvalue weighted by Crippen LogP contribution is -2.23. The summed E-state index contributed by atoms with van der Waals surface area (Å²) >= 11 is 0. The van der Waals surface area contributed by atoms with E-state index in [9.17, 15) is 5.11 Å². The highest BCUT2D eigenvalue weighted by atomic mass is 16.3. The third-order valence-corrected chi connectivity index (χ3v) is 3.14. The second kappa shape index (κ2) is 5.13. The Morgan fingerprint density at radius 3 is 2.67 bits per heavy atom. The van der Waals surface area contributed by atoms with Crippen LogP contribution in [0.4, 0.5) is 0 Å². The molecule has 1 aliphatic carbocycles. The van der Waals surface area contributed by atoms with Crippen LogP contribution < -0.4 is 0 Å². The van der Waals surface area contributed by atoms with Crippen molar-refractivity contribution in [3.63, 3.8) is 0 Å². The molecule has 0 saturated heterocycles. The van der Waals surface area contributed by atoms with Crippen molar-refractivity contribution in [2.45, 2.75) is 31.8 Å². The van der Waals surface area contributed by atoms with E-state index in [0.29, 0.717) is 5.92 Å². The lowest BCUT2D eigenvalue weighted by molar-refractivity contribution is 0.102. The smallest absolute Gasteiger partial charge is 0.0611 e. The molecule has 1 aromatic carbocycles. The minimum atomic E-state index is -0.183. The van der Waals surface area contributed by atoms with Crippen molar-refractivity contribution in [1.82, 2.24) is 0 Å². The third-order valence-electron chi connectivity index (χ3n) is 3.14. The average Bonchev–Trinajstić information content (AvgIpc) is 2.31. The van der Waals surface area contributed by atoms with Crippen molar-refractivity contribution in [1.29, 1.82) is 0 Å². The van der Waals surface area contributed by atoms with Crippen LogP contribution in [0.25, 0.3) is 0 Å². The van der Waals surface area contributed by atoms with E-state index in [4.69, 9.17) is 0 Å². The zero-order chi connectivity index (χ0) is 10.5. The van der Waals surface area contributed by atoms with Crippen molar-refractivity contribution in [3.8, 4) is 0 Å². The van der Waals surface area contributed by atoms with E-state index in [1.54, 1.807) is 0 Å². The molecule has 2 rings (SSSR count). The molecule has 0 bridgehead atoms. The van der Waals surface area contributed by atoms with Gasteiger partial charge in [0.25, 0.3) is 0 Å². The number of hydrogen-bond acceptors (Lipinski definition) is 1. The van der Waals surface area contributed by atoms with Gasteiger partial charge in [0.05, 0.1) is 6.10 Å². The maximum absolute atomic E-state index is 10.1. The normalized spacial score (nSPS) is 22.6.